The highest BCUT2D eigenvalue weighted by Crippen LogP contribution is 2.11. The Morgan fingerprint density at radius 1 is 1.20 bits per heavy atom. The minimum atomic E-state index is 0.716. The van der Waals surface area contributed by atoms with E-state index in [1.165, 1.54) is 5.56 Å². The maximum atomic E-state index is 5.84. The Balaban J connectivity index is 2.53. The molecule has 15 heavy (non-hydrogen) atoms. The summed E-state index contributed by atoms with van der Waals surface area (Å²) in [5, 5.41) is 0.791. The van der Waals surface area contributed by atoms with E-state index in [2.05, 4.69) is 24.0 Å². The third-order valence-corrected chi connectivity index (χ3v) is 2.56. The molecular weight excluding hydrogens is 208 g/mol. The number of hydrogen-bond donors (Lipinski definition) is 1. The summed E-state index contributed by atoms with van der Waals surface area (Å²) < 4.78 is 0. The highest BCUT2D eigenvalue weighted by Gasteiger charge is 2.03. The Morgan fingerprint density at radius 3 is 2.40 bits per heavy atom. The second-order valence-electron chi connectivity index (χ2n) is 3.69. The van der Waals surface area contributed by atoms with Crippen molar-refractivity contribution in [2.45, 2.75) is 19.9 Å². The first-order valence-electron chi connectivity index (χ1n) is 5.43. The van der Waals surface area contributed by atoms with Crippen molar-refractivity contribution < 1.29 is 0 Å². The van der Waals surface area contributed by atoms with E-state index in [1.807, 2.05) is 12.1 Å². The maximum Gasteiger partial charge on any atom is 0.0406 e. The normalized spacial score (nSPS) is 10.9. The van der Waals surface area contributed by atoms with E-state index in [9.17, 15) is 0 Å². The largest absolute Gasteiger partial charge is 0.329 e. The molecule has 0 fully saturated rings. The Bertz CT molecular complexity index is 265. The van der Waals surface area contributed by atoms with Crippen LogP contribution in [0.3, 0.4) is 0 Å². The van der Waals surface area contributed by atoms with Crippen LogP contribution in [0.5, 0.6) is 0 Å². The zero-order chi connectivity index (χ0) is 11.1. The Hall–Kier alpha value is -0.570. The van der Waals surface area contributed by atoms with Gasteiger partial charge in [-0.2, -0.15) is 0 Å². The first kappa shape index (κ1) is 12.5. The van der Waals surface area contributed by atoms with Crippen molar-refractivity contribution in [2.24, 2.45) is 5.73 Å². The fourth-order valence-corrected chi connectivity index (χ4v) is 1.74. The molecule has 0 aromatic heterocycles. The van der Waals surface area contributed by atoms with Crippen LogP contribution in [0.15, 0.2) is 24.3 Å². The number of nitrogens with zero attached hydrogens (tertiary/aromatic N) is 1. The molecule has 0 saturated heterocycles. The Kier molecular flexibility index (Phi) is 5.69. The zero-order valence-electron chi connectivity index (χ0n) is 9.25. The van der Waals surface area contributed by atoms with Gasteiger partial charge in [0.2, 0.25) is 0 Å². The van der Waals surface area contributed by atoms with Gasteiger partial charge in [-0.1, -0.05) is 30.7 Å². The van der Waals surface area contributed by atoms with E-state index in [1.54, 1.807) is 0 Å². The van der Waals surface area contributed by atoms with Crippen molar-refractivity contribution in [2.75, 3.05) is 19.6 Å². The average Bonchev–Trinajstić information content (AvgIpc) is 2.22. The standard InChI is InChI=1S/C12H19ClN2/c1-2-8-15(9-7-14)10-11-3-5-12(13)6-4-11/h3-6H,2,7-10,14H2,1H3. The molecule has 1 aromatic rings. The van der Waals surface area contributed by atoms with Gasteiger partial charge in [0, 0.05) is 24.7 Å². The molecule has 0 amide bonds. The molecule has 0 heterocycles. The van der Waals surface area contributed by atoms with Crippen molar-refractivity contribution in [3.63, 3.8) is 0 Å². The van der Waals surface area contributed by atoms with Crippen molar-refractivity contribution in [1.82, 2.24) is 4.90 Å². The predicted octanol–water partition coefficient (Wildman–Crippen LogP) is 2.51. The van der Waals surface area contributed by atoms with Gasteiger partial charge in [-0.05, 0) is 30.7 Å². The van der Waals surface area contributed by atoms with Crippen molar-refractivity contribution in [3.8, 4) is 0 Å². The second kappa shape index (κ2) is 6.83. The highest BCUT2D eigenvalue weighted by atomic mass is 35.5. The number of halogens is 1. The van der Waals surface area contributed by atoms with Crippen LogP contribution >= 0.6 is 11.6 Å². The first-order chi connectivity index (χ1) is 7.26. The van der Waals surface area contributed by atoms with Gasteiger partial charge >= 0.3 is 0 Å². The van der Waals surface area contributed by atoms with Gasteiger partial charge < -0.3 is 5.73 Å². The van der Waals surface area contributed by atoms with Crippen LogP contribution in [0.4, 0.5) is 0 Å². The summed E-state index contributed by atoms with van der Waals surface area (Å²) in [5.74, 6) is 0. The van der Waals surface area contributed by atoms with E-state index in [0.29, 0.717) is 6.54 Å². The van der Waals surface area contributed by atoms with Gasteiger partial charge in [0.05, 0.1) is 0 Å². The Labute approximate surface area is 97.0 Å². The first-order valence-corrected chi connectivity index (χ1v) is 5.81. The van der Waals surface area contributed by atoms with Crippen LogP contribution in [0.25, 0.3) is 0 Å². The summed E-state index contributed by atoms with van der Waals surface area (Å²) in [4.78, 5) is 2.36. The number of hydrogen-bond acceptors (Lipinski definition) is 2. The summed E-state index contributed by atoms with van der Waals surface area (Å²) in [6.45, 7) is 5.91. The summed E-state index contributed by atoms with van der Waals surface area (Å²) >= 11 is 5.84. The van der Waals surface area contributed by atoms with Crippen LogP contribution in [-0.2, 0) is 6.54 Å². The maximum absolute atomic E-state index is 5.84. The van der Waals surface area contributed by atoms with Crippen molar-refractivity contribution in [1.29, 1.82) is 0 Å². The van der Waals surface area contributed by atoms with Crippen LogP contribution in [0, 0.1) is 0 Å². The lowest BCUT2D eigenvalue weighted by Crippen LogP contribution is -2.29. The lowest BCUT2D eigenvalue weighted by molar-refractivity contribution is 0.273. The smallest absolute Gasteiger partial charge is 0.0406 e. The van der Waals surface area contributed by atoms with E-state index in [0.717, 1.165) is 31.1 Å². The summed E-state index contributed by atoms with van der Waals surface area (Å²) in [5.41, 5.74) is 6.87. The molecule has 0 radical (unpaired) electrons. The molecule has 0 atom stereocenters. The molecule has 0 aliphatic carbocycles. The number of nitrogens with two attached hydrogens (primary N) is 1. The lowest BCUT2D eigenvalue weighted by Gasteiger charge is -2.20. The van der Waals surface area contributed by atoms with Gasteiger partial charge in [0.25, 0.3) is 0 Å². The fourth-order valence-electron chi connectivity index (χ4n) is 1.62. The molecule has 1 rings (SSSR count). The molecule has 0 aliphatic rings. The van der Waals surface area contributed by atoms with Gasteiger partial charge in [0.15, 0.2) is 0 Å². The predicted molar refractivity (Wildman–Crippen MR) is 66.1 cm³/mol. The highest BCUT2D eigenvalue weighted by molar-refractivity contribution is 6.30. The van der Waals surface area contributed by atoms with E-state index >= 15 is 0 Å². The molecule has 0 saturated carbocycles. The fraction of sp³-hybridized carbons (Fsp3) is 0.500. The molecule has 2 N–H and O–H groups in total. The van der Waals surface area contributed by atoms with Crippen molar-refractivity contribution in [3.05, 3.63) is 34.9 Å². The van der Waals surface area contributed by atoms with Crippen molar-refractivity contribution >= 4 is 11.6 Å². The summed E-state index contributed by atoms with van der Waals surface area (Å²) in [7, 11) is 0. The second-order valence-corrected chi connectivity index (χ2v) is 4.13. The van der Waals surface area contributed by atoms with Crippen LogP contribution in [-0.4, -0.2) is 24.5 Å². The third kappa shape index (κ3) is 4.65. The minimum absolute atomic E-state index is 0.716. The van der Waals surface area contributed by atoms with Gasteiger partial charge in [0.1, 0.15) is 0 Å². The third-order valence-electron chi connectivity index (χ3n) is 2.30. The van der Waals surface area contributed by atoms with E-state index in [-0.39, 0.29) is 0 Å². The minimum Gasteiger partial charge on any atom is -0.329 e. The molecule has 3 heteroatoms. The molecule has 2 nitrogen and oxygen atoms in total. The molecule has 0 bridgehead atoms. The average molecular weight is 227 g/mol. The monoisotopic (exact) mass is 226 g/mol. The number of benzene rings is 1. The van der Waals surface area contributed by atoms with Crippen LogP contribution < -0.4 is 5.73 Å². The molecule has 0 aliphatic heterocycles. The molecular formula is C12H19ClN2. The van der Waals surface area contributed by atoms with Gasteiger partial charge in [-0.3, -0.25) is 4.90 Å². The molecule has 0 spiro atoms. The van der Waals surface area contributed by atoms with E-state index < -0.39 is 0 Å². The molecule has 84 valence electrons. The van der Waals surface area contributed by atoms with Gasteiger partial charge in [-0.15, -0.1) is 0 Å². The van der Waals surface area contributed by atoms with Crippen LogP contribution in [0.2, 0.25) is 5.02 Å². The summed E-state index contributed by atoms with van der Waals surface area (Å²) in [6.07, 6.45) is 1.16. The topological polar surface area (TPSA) is 29.3 Å². The Morgan fingerprint density at radius 2 is 1.87 bits per heavy atom. The van der Waals surface area contributed by atoms with Crippen LogP contribution in [0.1, 0.15) is 18.9 Å². The van der Waals surface area contributed by atoms with Gasteiger partial charge in [-0.25, -0.2) is 0 Å². The SMILES string of the molecule is CCCN(CCN)Cc1ccc(Cl)cc1. The lowest BCUT2D eigenvalue weighted by atomic mass is 10.2. The quantitative estimate of drug-likeness (QED) is 0.808. The zero-order valence-corrected chi connectivity index (χ0v) is 10.0. The summed E-state index contributed by atoms with van der Waals surface area (Å²) in [6, 6.07) is 8.01. The number of rotatable bonds is 6. The molecule has 0 unspecified atom stereocenters. The molecule has 1 aromatic carbocycles. The van der Waals surface area contributed by atoms with E-state index in [4.69, 9.17) is 17.3 Å².